The van der Waals surface area contributed by atoms with Crippen molar-refractivity contribution < 1.29 is 9.47 Å². The van der Waals surface area contributed by atoms with E-state index in [4.69, 9.17) is 14.6 Å². The van der Waals surface area contributed by atoms with Gasteiger partial charge in [-0.3, -0.25) is 0 Å². The first-order valence-corrected chi connectivity index (χ1v) is 10.2. The molecule has 0 bridgehead atoms. The van der Waals surface area contributed by atoms with Crippen LogP contribution in [-0.4, -0.2) is 38.3 Å². The molecule has 3 rings (SSSR count). The first-order chi connectivity index (χ1) is 12.1. The normalized spacial score (nSPS) is 11.4. The van der Waals surface area contributed by atoms with E-state index in [9.17, 15) is 0 Å². The summed E-state index contributed by atoms with van der Waals surface area (Å²) in [6.07, 6.45) is 0. The summed E-state index contributed by atoms with van der Waals surface area (Å²) in [6, 6.07) is 5.91. The molecule has 8 heteroatoms. The van der Waals surface area contributed by atoms with Crippen LogP contribution in [0.15, 0.2) is 18.2 Å². The fourth-order valence-corrected chi connectivity index (χ4v) is 3.81. The maximum absolute atomic E-state index is 5.71. The molecule has 0 fully saturated rings. The van der Waals surface area contributed by atoms with E-state index >= 15 is 0 Å². The highest BCUT2D eigenvalue weighted by molar-refractivity contribution is 7.99. The number of aromatic nitrogens is 4. The van der Waals surface area contributed by atoms with Crippen molar-refractivity contribution >= 4 is 28.1 Å². The first-order valence-electron chi connectivity index (χ1n) is 8.35. The monoisotopic (exact) mass is 378 g/mol. The Bertz CT molecular complexity index is 844. The smallest absolute Gasteiger partial charge is 0.235 e. The van der Waals surface area contributed by atoms with Crippen molar-refractivity contribution in [1.82, 2.24) is 19.8 Å². The molecule has 0 aliphatic heterocycles. The van der Waals surface area contributed by atoms with Crippen molar-refractivity contribution in [3.8, 4) is 22.1 Å². The highest BCUT2D eigenvalue weighted by Gasteiger charge is 2.15. The van der Waals surface area contributed by atoms with E-state index in [0.717, 1.165) is 38.6 Å². The number of nitrogens with zero attached hydrogens (tertiary/aromatic N) is 4. The van der Waals surface area contributed by atoms with Crippen molar-refractivity contribution in [2.75, 3.05) is 13.2 Å². The van der Waals surface area contributed by atoms with Gasteiger partial charge < -0.3 is 9.47 Å². The van der Waals surface area contributed by atoms with Gasteiger partial charge in [0, 0.05) is 5.56 Å². The minimum absolute atomic E-state index is 0.547. The molecular weight excluding hydrogens is 356 g/mol. The SMILES string of the molecule is CCOc1ccc(-c2nn3c(CSC(C)C)nnc3s2)cc1OCC. The van der Waals surface area contributed by atoms with Gasteiger partial charge in [-0.1, -0.05) is 25.2 Å². The second kappa shape index (κ2) is 8.05. The fraction of sp³-hybridized carbons (Fsp3) is 0.471. The van der Waals surface area contributed by atoms with E-state index in [2.05, 4.69) is 24.0 Å². The Morgan fingerprint density at radius 3 is 2.60 bits per heavy atom. The zero-order valence-electron chi connectivity index (χ0n) is 14.9. The van der Waals surface area contributed by atoms with Gasteiger partial charge in [-0.15, -0.1) is 10.2 Å². The van der Waals surface area contributed by atoms with E-state index < -0.39 is 0 Å². The van der Waals surface area contributed by atoms with E-state index in [1.165, 1.54) is 11.3 Å². The molecule has 0 aliphatic rings. The lowest BCUT2D eigenvalue weighted by atomic mass is 10.2. The second-order valence-corrected chi connectivity index (χ2v) is 8.13. The summed E-state index contributed by atoms with van der Waals surface area (Å²) < 4.78 is 13.2. The average Bonchev–Trinajstić information content (AvgIpc) is 3.16. The van der Waals surface area contributed by atoms with Crippen LogP contribution in [0.4, 0.5) is 0 Å². The topological polar surface area (TPSA) is 61.5 Å². The Labute approximate surface area is 155 Å². The minimum Gasteiger partial charge on any atom is -0.490 e. The molecule has 3 aromatic rings. The molecule has 0 radical (unpaired) electrons. The number of fused-ring (bicyclic) bond motifs is 1. The molecule has 2 aromatic heterocycles. The maximum Gasteiger partial charge on any atom is 0.235 e. The van der Waals surface area contributed by atoms with Crippen molar-refractivity contribution in [3.05, 3.63) is 24.0 Å². The Morgan fingerprint density at radius 2 is 1.88 bits per heavy atom. The van der Waals surface area contributed by atoms with E-state index in [0.29, 0.717) is 18.5 Å². The first kappa shape index (κ1) is 18.0. The van der Waals surface area contributed by atoms with Gasteiger partial charge in [0.15, 0.2) is 17.3 Å². The number of thioether (sulfide) groups is 1. The lowest BCUT2D eigenvalue weighted by Crippen LogP contribution is -1.99. The highest BCUT2D eigenvalue weighted by Crippen LogP contribution is 2.34. The van der Waals surface area contributed by atoms with Crippen LogP contribution in [0.5, 0.6) is 11.5 Å². The van der Waals surface area contributed by atoms with Gasteiger partial charge >= 0.3 is 0 Å². The Balaban J connectivity index is 1.92. The molecule has 0 N–H and O–H groups in total. The summed E-state index contributed by atoms with van der Waals surface area (Å²) in [7, 11) is 0. The molecule has 2 heterocycles. The number of hydrogen-bond acceptors (Lipinski definition) is 7. The van der Waals surface area contributed by atoms with Gasteiger partial charge in [0.05, 0.1) is 19.0 Å². The third-order valence-electron chi connectivity index (χ3n) is 3.39. The minimum atomic E-state index is 0.547. The Hall–Kier alpha value is -1.80. The summed E-state index contributed by atoms with van der Waals surface area (Å²) in [5.41, 5.74) is 0.991. The van der Waals surface area contributed by atoms with Crippen LogP contribution in [0.1, 0.15) is 33.5 Å². The van der Waals surface area contributed by atoms with Crippen molar-refractivity contribution in [2.45, 2.75) is 38.7 Å². The number of ether oxygens (including phenoxy) is 2. The van der Waals surface area contributed by atoms with Crippen LogP contribution in [0.3, 0.4) is 0 Å². The van der Waals surface area contributed by atoms with Crippen LogP contribution >= 0.6 is 23.1 Å². The molecule has 0 saturated carbocycles. The molecule has 134 valence electrons. The fourth-order valence-electron chi connectivity index (χ4n) is 2.29. The zero-order valence-corrected chi connectivity index (χ0v) is 16.5. The summed E-state index contributed by atoms with van der Waals surface area (Å²) in [5.74, 6) is 3.18. The van der Waals surface area contributed by atoms with Crippen LogP contribution < -0.4 is 9.47 Å². The van der Waals surface area contributed by atoms with Crippen LogP contribution in [-0.2, 0) is 5.75 Å². The quantitative estimate of drug-likeness (QED) is 0.583. The number of benzene rings is 1. The molecule has 0 spiro atoms. The average molecular weight is 379 g/mol. The summed E-state index contributed by atoms with van der Waals surface area (Å²) in [6.45, 7) is 9.46. The summed E-state index contributed by atoms with van der Waals surface area (Å²) in [4.78, 5) is 0.807. The van der Waals surface area contributed by atoms with Crippen LogP contribution in [0, 0.1) is 0 Å². The van der Waals surface area contributed by atoms with Gasteiger partial charge in [0.25, 0.3) is 0 Å². The molecular formula is C17H22N4O2S2. The van der Waals surface area contributed by atoms with E-state index in [1.54, 1.807) is 0 Å². The predicted octanol–water partition coefficient (Wildman–Crippen LogP) is 4.29. The van der Waals surface area contributed by atoms with Gasteiger partial charge in [-0.25, -0.2) is 0 Å². The molecule has 0 atom stereocenters. The van der Waals surface area contributed by atoms with Crippen molar-refractivity contribution in [2.24, 2.45) is 0 Å². The van der Waals surface area contributed by atoms with E-state index in [-0.39, 0.29) is 0 Å². The van der Waals surface area contributed by atoms with Crippen LogP contribution in [0.2, 0.25) is 0 Å². The van der Waals surface area contributed by atoms with Crippen molar-refractivity contribution in [3.63, 3.8) is 0 Å². The molecule has 6 nitrogen and oxygen atoms in total. The summed E-state index contributed by atoms with van der Waals surface area (Å²) in [5, 5.41) is 14.6. The Kier molecular flexibility index (Phi) is 5.80. The number of rotatable bonds is 8. The van der Waals surface area contributed by atoms with Gasteiger partial charge in [0.2, 0.25) is 4.96 Å². The molecule has 0 unspecified atom stereocenters. The molecule has 0 aliphatic carbocycles. The molecule has 0 saturated heterocycles. The highest BCUT2D eigenvalue weighted by atomic mass is 32.2. The number of hydrogen-bond donors (Lipinski definition) is 0. The molecule has 0 amide bonds. The third-order valence-corrected chi connectivity index (χ3v) is 5.43. The lowest BCUT2D eigenvalue weighted by Gasteiger charge is -2.11. The van der Waals surface area contributed by atoms with Crippen LogP contribution in [0.25, 0.3) is 15.5 Å². The van der Waals surface area contributed by atoms with Gasteiger partial charge in [-0.2, -0.15) is 21.4 Å². The maximum atomic E-state index is 5.71. The zero-order chi connectivity index (χ0) is 17.8. The Morgan fingerprint density at radius 1 is 1.12 bits per heavy atom. The second-order valence-electron chi connectivity index (χ2n) is 5.61. The van der Waals surface area contributed by atoms with E-state index in [1.807, 2.05) is 48.3 Å². The predicted molar refractivity (Wildman–Crippen MR) is 103 cm³/mol. The van der Waals surface area contributed by atoms with Gasteiger partial charge in [0.1, 0.15) is 5.01 Å². The van der Waals surface area contributed by atoms with Crippen molar-refractivity contribution in [1.29, 1.82) is 0 Å². The largest absolute Gasteiger partial charge is 0.490 e. The standard InChI is InChI=1S/C17H22N4O2S2/c1-5-22-13-8-7-12(9-14(13)23-6-2)16-20-21-15(10-24-11(3)4)18-19-17(21)25-16/h7-9,11H,5-6,10H2,1-4H3. The lowest BCUT2D eigenvalue weighted by molar-refractivity contribution is 0.288. The summed E-state index contributed by atoms with van der Waals surface area (Å²) >= 11 is 3.35. The molecule has 1 aromatic carbocycles. The van der Waals surface area contributed by atoms with Gasteiger partial charge in [-0.05, 0) is 37.3 Å². The third kappa shape index (κ3) is 4.07. The molecule has 25 heavy (non-hydrogen) atoms.